The normalized spacial score (nSPS) is 10.4. The Labute approximate surface area is 88.1 Å². The van der Waals surface area contributed by atoms with E-state index in [1.807, 2.05) is 24.3 Å². The second-order valence-electron chi connectivity index (χ2n) is 3.02. The summed E-state index contributed by atoms with van der Waals surface area (Å²) in [5.41, 5.74) is 1.15. The van der Waals surface area contributed by atoms with Crippen LogP contribution < -0.4 is 5.46 Å². The highest BCUT2D eigenvalue weighted by molar-refractivity contribution is 6.68. The largest absolute Gasteiger partial charge is 0.276 e. The molecule has 0 unspecified atom stereocenters. The first-order valence-electron chi connectivity index (χ1n) is 4.17. The van der Waals surface area contributed by atoms with Crippen LogP contribution in [0.5, 0.6) is 0 Å². The lowest BCUT2D eigenvalue weighted by atomic mass is 9.88. The van der Waals surface area contributed by atoms with Gasteiger partial charge in [-0.1, -0.05) is 41.9 Å². The summed E-state index contributed by atoms with van der Waals surface area (Å²) in [6.45, 7) is 0. The minimum atomic E-state index is -0.457. The molecule has 0 aliphatic rings. The van der Waals surface area contributed by atoms with Gasteiger partial charge in [0.25, 0.3) is 5.24 Å². The third-order valence-electron chi connectivity index (χ3n) is 2.17. The third-order valence-corrected chi connectivity index (χ3v) is 2.37. The van der Waals surface area contributed by atoms with E-state index in [9.17, 15) is 4.79 Å². The molecule has 2 aromatic rings. The van der Waals surface area contributed by atoms with Crippen molar-refractivity contribution in [3.63, 3.8) is 0 Å². The number of benzene rings is 2. The van der Waals surface area contributed by atoms with Crippen LogP contribution in [0.1, 0.15) is 10.4 Å². The van der Waals surface area contributed by atoms with Crippen molar-refractivity contribution in [1.82, 2.24) is 0 Å². The van der Waals surface area contributed by atoms with Gasteiger partial charge in [0.05, 0.1) is 0 Å². The summed E-state index contributed by atoms with van der Waals surface area (Å²) in [7, 11) is 5.77. The first-order chi connectivity index (χ1) is 6.70. The average molecular weight is 200 g/mol. The monoisotopic (exact) mass is 200 g/mol. The Morgan fingerprint density at radius 2 is 1.71 bits per heavy atom. The molecule has 0 N–H and O–H groups in total. The first-order valence-corrected chi connectivity index (χ1v) is 4.55. The smallest absolute Gasteiger partial charge is 0.253 e. The molecule has 2 radical (unpaired) electrons. The van der Waals surface area contributed by atoms with E-state index in [4.69, 9.17) is 19.4 Å². The zero-order valence-corrected chi connectivity index (χ0v) is 8.08. The highest BCUT2D eigenvalue weighted by Gasteiger charge is 2.07. The fourth-order valence-electron chi connectivity index (χ4n) is 1.49. The van der Waals surface area contributed by atoms with Gasteiger partial charge in [-0.3, -0.25) is 4.79 Å². The van der Waals surface area contributed by atoms with Crippen LogP contribution in [0.25, 0.3) is 10.8 Å². The van der Waals surface area contributed by atoms with Crippen molar-refractivity contribution < 1.29 is 4.79 Å². The SMILES string of the molecule is [B]c1ccc(C(=O)Cl)c2ccccc12. The number of hydrogen-bond donors (Lipinski definition) is 0. The van der Waals surface area contributed by atoms with Gasteiger partial charge in [0.2, 0.25) is 0 Å². The Balaban J connectivity index is 2.88. The second-order valence-corrected chi connectivity index (χ2v) is 3.36. The number of halogens is 1. The van der Waals surface area contributed by atoms with Gasteiger partial charge < -0.3 is 0 Å². The van der Waals surface area contributed by atoms with E-state index in [0.29, 0.717) is 11.0 Å². The van der Waals surface area contributed by atoms with Gasteiger partial charge in [0.15, 0.2) is 0 Å². The molecule has 66 valence electrons. The van der Waals surface area contributed by atoms with Crippen LogP contribution in [-0.4, -0.2) is 13.1 Å². The molecule has 0 aliphatic carbocycles. The minimum Gasteiger partial charge on any atom is -0.276 e. The van der Waals surface area contributed by atoms with Gasteiger partial charge in [0.1, 0.15) is 7.85 Å². The van der Waals surface area contributed by atoms with Crippen molar-refractivity contribution >= 4 is 40.9 Å². The highest BCUT2D eigenvalue weighted by atomic mass is 35.5. The van der Waals surface area contributed by atoms with Gasteiger partial charge in [0, 0.05) is 5.56 Å². The lowest BCUT2D eigenvalue weighted by Crippen LogP contribution is -2.05. The molecule has 0 heterocycles. The molecule has 0 aliphatic heterocycles. The van der Waals surface area contributed by atoms with Crippen LogP contribution in [0.15, 0.2) is 36.4 Å². The lowest BCUT2D eigenvalue weighted by Gasteiger charge is -2.05. The molecule has 1 nitrogen and oxygen atoms in total. The van der Waals surface area contributed by atoms with Crippen LogP contribution in [0.3, 0.4) is 0 Å². The van der Waals surface area contributed by atoms with Crippen LogP contribution in [0, 0.1) is 0 Å². The Bertz CT molecular complexity index is 508. The number of fused-ring (bicyclic) bond motifs is 1. The van der Waals surface area contributed by atoms with E-state index in [1.54, 1.807) is 12.1 Å². The summed E-state index contributed by atoms with van der Waals surface area (Å²) in [6, 6.07) is 10.8. The fraction of sp³-hybridized carbons (Fsp3) is 0. The maximum absolute atomic E-state index is 11.1. The van der Waals surface area contributed by atoms with Gasteiger partial charge in [-0.05, 0) is 22.4 Å². The predicted molar refractivity (Wildman–Crippen MR) is 59.5 cm³/mol. The summed E-state index contributed by atoms with van der Waals surface area (Å²) >= 11 is 5.45. The van der Waals surface area contributed by atoms with Crippen molar-refractivity contribution in [2.75, 3.05) is 0 Å². The Kier molecular flexibility index (Phi) is 2.30. The van der Waals surface area contributed by atoms with Crippen molar-refractivity contribution in [2.24, 2.45) is 0 Å². The Morgan fingerprint density at radius 1 is 1.07 bits per heavy atom. The van der Waals surface area contributed by atoms with E-state index in [2.05, 4.69) is 0 Å². The van der Waals surface area contributed by atoms with Crippen molar-refractivity contribution in [2.45, 2.75) is 0 Å². The second kappa shape index (κ2) is 3.47. The van der Waals surface area contributed by atoms with E-state index in [-0.39, 0.29) is 0 Å². The standard InChI is InChI=1S/C11H6BClO/c12-10-6-5-9(11(13)14)7-3-1-2-4-8(7)10/h1-6H. The molecule has 0 amide bonds. The topological polar surface area (TPSA) is 17.1 Å². The van der Waals surface area contributed by atoms with E-state index >= 15 is 0 Å². The zero-order chi connectivity index (χ0) is 10.1. The molecule has 0 aromatic heterocycles. The molecular weight excluding hydrogens is 194 g/mol. The first kappa shape index (κ1) is 9.29. The molecular formula is C11H6BClO. The molecule has 0 saturated heterocycles. The summed E-state index contributed by atoms with van der Waals surface area (Å²) in [5, 5.41) is 1.20. The quantitative estimate of drug-likeness (QED) is 0.508. The van der Waals surface area contributed by atoms with Gasteiger partial charge in [-0.15, -0.1) is 0 Å². The Morgan fingerprint density at radius 3 is 2.36 bits per heavy atom. The predicted octanol–water partition coefficient (Wildman–Crippen LogP) is 2.01. The number of carbonyl (C=O) groups is 1. The number of hydrogen-bond acceptors (Lipinski definition) is 1. The van der Waals surface area contributed by atoms with Gasteiger partial charge >= 0.3 is 0 Å². The van der Waals surface area contributed by atoms with Crippen molar-refractivity contribution in [3.8, 4) is 0 Å². The number of carbonyl (C=O) groups excluding carboxylic acids is 1. The summed E-state index contributed by atoms with van der Waals surface area (Å²) < 4.78 is 0. The molecule has 3 heteroatoms. The summed E-state index contributed by atoms with van der Waals surface area (Å²) in [4.78, 5) is 11.1. The van der Waals surface area contributed by atoms with E-state index < -0.39 is 5.24 Å². The van der Waals surface area contributed by atoms with Gasteiger partial charge in [-0.25, -0.2) is 0 Å². The molecule has 2 rings (SSSR count). The average Bonchev–Trinajstić information content (AvgIpc) is 2.18. The molecule has 0 bridgehead atoms. The Hall–Kier alpha value is -1.28. The van der Waals surface area contributed by atoms with Crippen LogP contribution in [0.4, 0.5) is 0 Å². The summed E-state index contributed by atoms with van der Waals surface area (Å²) in [5.74, 6) is 0. The van der Waals surface area contributed by atoms with Crippen LogP contribution in [0.2, 0.25) is 0 Å². The molecule has 0 fully saturated rings. The maximum Gasteiger partial charge on any atom is 0.253 e. The summed E-state index contributed by atoms with van der Waals surface area (Å²) in [6.07, 6.45) is 0. The molecule has 0 atom stereocenters. The van der Waals surface area contributed by atoms with E-state index in [0.717, 1.165) is 10.8 Å². The molecule has 0 spiro atoms. The fourth-order valence-corrected chi connectivity index (χ4v) is 1.66. The minimum absolute atomic E-state index is 0.457. The maximum atomic E-state index is 11.1. The van der Waals surface area contributed by atoms with Crippen molar-refractivity contribution in [1.29, 1.82) is 0 Å². The molecule has 14 heavy (non-hydrogen) atoms. The third kappa shape index (κ3) is 1.42. The number of rotatable bonds is 1. The molecule has 2 aromatic carbocycles. The van der Waals surface area contributed by atoms with Crippen LogP contribution in [-0.2, 0) is 0 Å². The van der Waals surface area contributed by atoms with Crippen molar-refractivity contribution in [3.05, 3.63) is 42.0 Å². The molecule has 0 saturated carbocycles. The highest BCUT2D eigenvalue weighted by Crippen LogP contribution is 2.18. The van der Waals surface area contributed by atoms with Gasteiger partial charge in [-0.2, -0.15) is 0 Å². The van der Waals surface area contributed by atoms with E-state index in [1.165, 1.54) is 0 Å². The lowest BCUT2D eigenvalue weighted by molar-refractivity contribution is 0.108. The zero-order valence-electron chi connectivity index (χ0n) is 7.33. The van der Waals surface area contributed by atoms with Crippen LogP contribution >= 0.6 is 11.6 Å².